The maximum Gasteiger partial charge on any atom is 0.410 e. The average Bonchev–Trinajstić information content (AvgIpc) is 3.14. The van der Waals surface area contributed by atoms with Gasteiger partial charge in [0.25, 0.3) is 0 Å². The van der Waals surface area contributed by atoms with E-state index in [4.69, 9.17) is 14.2 Å². The number of hydrogen-bond acceptors (Lipinski definition) is 6. The molecule has 1 heterocycles. The van der Waals surface area contributed by atoms with E-state index < -0.39 is 36.0 Å². The van der Waals surface area contributed by atoms with E-state index in [1.807, 2.05) is 152 Å². The highest BCUT2D eigenvalue weighted by Gasteiger charge is 2.48. The van der Waals surface area contributed by atoms with Crippen molar-refractivity contribution in [3.05, 3.63) is 179 Å². The molecule has 0 aliphatic carbocycles. The van der Waals surface area contributed by atoms with E-state index in [0.717, 1.165) is 27.8 Å². The van der Waals surface area contributed by atoms with Crippen molar-refractivity contribution in [2.24, 2.45) is 0 Å². The number of hydrogen-bond donors (Lipinski definition) is 2. The van der Waals surface area contributed by atoms with E-state index >= 15 is 0 Å². The fraction of sp³-hybridized carbons (Fsp3) is 0.225. The van der Waals surface area contributed by atoms with Crippen molar-refractivity contribution in [1.82, 2.24) is 4.90 Å². The number of aliphatic hydroxyl groups is 2. The minimum atomic E-state index is -1.27. The fourth-order valence-electron chi connectivity index (χ4n) is 6.22. The zero-order valence-corrected chi connectivity index (χ0v) is 26.0. The van der Waals surface area contributed by atoms with Crippen LogP contribution in [0.15, 0.2) is 152 Å². The monoisotopic (exact) mass is 629 g/mol. The van der Waals surface area contributed by atoms with Gasteiger partial charge in [-0.15, -0.1) is 0 Å². The Morgan fingerprint density at radius 2 is 1.06 bits per heavy atom. The van der Waals surface area contributed by atoms with Crippen molar-refractivity contribution in [1.29, 1.82) is 0 Å². The smallest absolute Gasteiger partial charge is 0.410 e. The number of amides is 1. The van der Waals surface area contributed by atoms with E-state index in [-0.39, 0.29) is 26.4 Å². The predicted molar refractivity (Wildman–Crippen MR) is 179 cm³/mol. The molecule has 1 saturated heterocycles. The number of rotatable bonds is 11. The van der Waals surface area contributed by atoms with Crippen LogP contribution in [-0.4, -0.2) is 58.7 Å². The van der Waals surface area contributed by atoms with Crippen molar-refractivity contribution in [2.45, 2.75) is 43.2 Å². The van der Waals surface area contributed by atoms with Gasteiger partial charge in [0.2, 0.25) is 0 Å². The molecule has 1 amide bonds. The molecule has 7 nitrogen and oxygen atoms in total. The summed E-state index contributed by atoms with van der Waals surface area (Å²) < 4.78 is 19.2. The Morgan fingerprint density at radius 1 is 0.638 bits per heavy atom. The third-order valence-corrected chi connectivity index (χ3v) is 8.63. The topological polar surface area (TPSA) is 88.5 Å². The van der Waals surface area contributed by atoms with Crippen LogP contribution in [0.3, 0.4) is 0 Å². The molecule has 4 atom stereocenters. The van der Waals surface area contributed by atoms with Gasteiger partial charge in [-0.1, -0.05) is 152 Å². The Morgan fingerprint density at radius 3 is 1.53 bits per heavy atom. The molecule has 5 aromatic rings. The Hall–Kier alpha value is -4.79. The standard InChI is InChI=1S/C40H39NO6/c42-36-26-41(39(44)46-28-31-18-8-2-9-19-31)35(38(37(36)43)45-27-30-16-6-1-7-17-30)29-47-40(32-20-10-3-11-21-32,33-22-12-4-13-23-33)34-24-14-5-15-25-34/h1-25,35-38,42-43H,26-29H2/t35-,36+,37+,38+/m0/s1. The molecule has 0 unspecified atom stereocenters. The van der Waals surface area contributed by atoms with Crippen LogP contribution in [0.4, 0.5) is 4.79 Å². The molecule has 1 fully saturated rings. The second-order valence-electron chi connectivity index (χ2n) is 11.7. The first-order valence-electron chi connectivity index (χ1n) is 15.9. The van der Waals surface area contributed by atoms with Crippen LogP contribution in [0, 0.1) is 0 Å². The van der Waals surface area contributed by atoms with Gasteiger partial charge in [0, 0.05) is 0 Å². The summed E-state index contributed by atoms with van der Waals surface area (Å²) in [4.78, 5) is 15.2. The number of aliphatic hydroxyl groups excluding tert-OH is 2. The summed E-state index contributed by atoms with van der Waals surface area (Å²) in [7, 11) is 0. The van der Waals surface area contributed by atoms with Gasteiger partial charge in [-0.3, -0.25) is 4.90 Å². The molecule has 0 radical (unpaired) electrons. The number of β-amino-alcohol motifs (C(OH)–C–C–N with tert-alkyl or cyclic N) is 1. The van der Waals surface area contributed by atoms with Crippen LogP contribution in [0.2, 0.25) is 0 Å². The van der Waals surface area contributed by atoms with Gasteiger partial charge in [-0.2, -0.15) is 0 Å². The Bertz CT molecular complexity index is 1570. The van der Waals surface area contributed by atoms with Gasteiger partial charge in [0.15, 0.2) is 0 Å². The van der Waals surface area contributed by atoms with Crippen molar-refractivity contribution >= 4 is 6.09 Å². The lowest BCUT2D eigenvalue weighted by atomic mass is 9.80. The minimum Gasteiger partial charge on any atom is -0.445 e. The number of piperidine rings is 1. The van der Waals surface area contributed by atoms with Crippen LogP contribution in [0.1, 0.15) is 27.8 Å². The summed E-state index contributed by atoms with van der Waals surface area (Å²) in [6.45, 7) is 0.0329. The minimum absolute atomic E-state index is 0.0393. The van der Waals surface area contributed by atoms with Gasteiger partial charge in [0.1, 0.15) is 30.5 Å². The molecule has 2 N–H and O–H groups in total. The number of ether oxygens (including phenoxy) is 3. The maximum atomic E-state index is 13.8. The summed E-state index contributed by atoms with van der Waals surface area (Å²) in [6, 6.07) is 48.0. The molecule has 240 valence electrons. The quantitative estimate of drug-likeness (QED) is 0.166. The largest absolute Gasteiger partial charge is 0.445 e. The molecular formula is C40H39NO6. The summed E-state index contributed by atoms with van der Waals surface area (Å²) in [5, 5.41) is 22.4. The van der Waals surface area contributed by atoms with Gasteiger partial charge < -0.3 is 24.4 Å². The third kappa shape index (κ3) is 7.29. The van der Waals surface area contributed by atoms with Gasteiger partial charge in [0.05, 0.1) is 25.8 Å². The number of benzene rings is 5. The fourth-order valence-corrected chi connectivity index (χ4v) is 6.22. The zero-order valence-electron chi connectivity index (χ0n) is 26.0. The first-order valence-corrected chi connectivity index (χ1v) is 15.9. The Labute approximate surface area is 275 Å². The lowest BCUT2D eigenvalue weighted by Gasteiger charge is -2.46. The molecule has 0 aromatic heterocycles. The number of carbonyl (C=O) groups is 1. The Kier molecular flexibility index (Phi) is 10.4. The van der Waals surface area contributed by atoms with Crippen molar-refractivity contribution in [3.63, 3.8) is 0 Å². The van der Waals surface area contributed by atoms with Gasteiger partial charge in [-0.25, -0.2) is 4.79 Å². The van der Waals surface area contributed by atoms with Gasteiger partial charge in [-0.05, 0) is 27.8 Å². The highest BCUT2D eigenvalue weighted by molar-refractivity contribution is 5.68. The second-order valence-corrected chi connectivity index (χ2v) is 11.7. The summed E-state index contributed by atoms with van der Waals surface area (Å²) in [6.07, 6.45) is -4.14. The van der Waals surface area contributed by atoms with Gasteiger partial charge >= 0.3 is 6.09 Å². The second kappa shape index (κ2) is 15.2. The van der Waals surface area contributed by atoms with Crippen molar-refractivity contribution in [3.8, 4) is 0 Å². The average molecular weight is 630 g/mol. The SMILES string of the molecule is O=C(OCc1ccccc1)N1C[C@@H](O)[C@@H](O)[C@H](OCc2ccccc2)[C@@H]1COC(c1ccccc1)(c1ccccc1)c1ccccc1. The molecule has 6 rings (SSSR count). The highest BCUT2D eigenvalue weighted by Crippen LogP contribution is 2.41. The molecule has 47 heavy (non-hydrogen) atoms. The van der Waals surface area contributed by atoms with Crippen LogP contribution < -0.4 is 0 Å². The van der Waals surface area contributed by atoms with E-state index in [9.17, 15) is 15.0 Å². The van der Waals surface area contributed by atoms with E-state index in [1.165, 1.54) is 4.90 Å². The summed E-state index contributed by atoms with van der Waals surface area (Å²) in [5.74, 6) is 0. The lowest BCUT2D eigenvalue weighted by Crippen LogP contribution is -2.65. The maximum absolute atomic E-state index is 13.8. The zero-order chi connectivity index (χ0) is 32.5. The highest BCUT2D eigenvalue weighted by atomic mass is 16.6. The number of nitrogens with zero attached hydrogens (tertiary/aromatic N) is 1. The van der Waals surface area contributed by atoms with Crippen molar-refractivity contribution < 1.29 is 29.2 Å². The molecule has 0 bridgehead atoms. The normalized spacial score (nSPS) is 19.7. The molecule has 1 aliphatic heterocycles. The van der Waals surface area contributed by atoms with Crippen LogP contribution in [-0.2, 0) is 33.0 Å². The van der Waals surface area contributed by atoms with E-state index in [1.54, 1.807) is 0 Å². The predicted octanol–water partition coefficient (Wildman–Crippen LogP) is 6.32. The number of likely N-dealkylation sites (tertiary alicyclic amines) is 1. The summed E-state index contributed by atoms with van der Waals surface area (Å²) >= 11 is 0. The first kappa shape index (κ1) is 32.2. The molecule has 5 aromatic carbocycles. The molecule has 7 heteroatoms. The van der Waals surface area contributed by atoms with Crippen LogP contribution >= 0.6 is 0 Å². The summed E-state index contributed by atoms with van der Waals surface area (Å²) in [5.41, 5.74) is 3.34. The van der Waals surface area contributed by atoms with Crippen LogP contribution in [0.25, 0.3) is 0 Å². The van der Waals surface area contributed by atoms with Crippen LogP contribution in [0.5, 0.6) is 0 Å². The molecular weight excluding hydrogens is 590 g/mol. The molecule has 1 aliphatic rings. The Balaban J connectivity index is 1.38. The molecule has 0 spiro atoms. The van der Waals surface area contributed by atoms with Crippen molar-refractivity contribution in [2.75, 3.05) is 13.2 Å². The van der Waals surface area contributed by atoms with E-state index in [2.05, 4.69) is 0 Å². The molecule has 0 saturated carbocycles. The third-order valence-electron chi connectivity index (χ3n) is 8.63. The lowest BCUT2D eigenvalue weighted by molar-refractivity contribution is -0.174. The van der Waals surface area contributed by atoms with E-state index in [0.29, 0.717) is 0 Å². The number of carbonyl (C=O) groups excluding carboxylic acids is 1. The first-order chi connectivity index (χ1) is 23.1.